The molecule has 1 nitrogen and oxygen atoms in total. The van der Waals surface area contributed by atoms with Crippen LogP contribution in [0.4, 0.5) is 13.2 Å². The van der Waals surface area contributed by atoms with E-state index in [0.29, 0.717) is 5.92 Å². The summed E-state index contributed by atoms with van der Waals surface area (Å²) in [5.41, 5.74) is 1.03. The Morgan fingerprint density at radius 3 is 2.06 bits per heavy atom. The molecule has 0 aliphatic rings. The molecule has 1 heterocycles. The average molecular weight is 233 g/mol. The zero-order chi connectivity index (χ0) is 12.8. The molecule has 0 saturated carbocycles. The summed E-state index contributed by atoms with van der Waals surface area (Å²) in [5.74, 6) is 0.294. The molecule has 1 rings (SSSR count). The van der Waals surface area contributed by atoms with Crippen molar-refractivity contribution >= 4 is 0 Å². The van der Waals surface area contributed by atoms with E-state index in [2.05, 4.69) is 4.98 Å². The van der Waals surface area contributed by atoms with Gasteiger partial charge in [0.25, 0.3) is 0 Å². The van der Waals surface area contributed by atoms with Crippen LogP contribution in [0.1, 0.15) is 44.9 Å². The number of pyridine rings is 1. The summed E-state index contributed by atoms with van der Waals surface area (Å²) in [6.45, 7) is 7.95. The van der Waals surface area contributed by atoms with Gasteiger partial charge >= 0.3 is 6.18 Å². The van der Waals surface area contributed by atoms with E-state index in [4.69, 9.17) is 0 Å². The second-order valence-corrected chi connectivity index (χ2v) is 3.53. The van der Waals surface area contributed by atoms with Crippen molar-refractivity contribution < 1.29 is 13.2 Å². The minimum absolute atomic E-state index is 0.0712. The normalized spacial score (nSPS) is 11.0. The first-order valence-corrected chi connectivity index (χ1v) is 5.40. The minimum Gasteiger partial charge on any atom is -0.261 e. The number of hydrogen-bond donors (Lipinski definition) is 0. The lowest BCUT2D eigenvalue weighted by Gasteiger charge is -2.07. The molecule has 1 aromatic heterocycles. The van der Waals surface area contributed by atoms with Crippen LogP contribution < -0.4 is 0 Å². The first-order chi connectivity index (χ1) is 7.38. The second kappa shape index (κ2) is 6.51. The van der Waals surface area contributed by atoms with Crippen LogP contribution in [0.15, 0.2) is 18.3 Å². The number of aromatic nitrogens is 1. The average Bonchev–Trinajstić information content (AvgIpc) is 2.19. The lowest BCUT2D eigenvalue weighted by Crippen LogP contribution is -2.12. The fraction of sp³-hybridized carbons (Fsp3) is 0.583. The van der Waals surface area contributed by atoms with Gasteiger partial charge in [0.1, 0.15) is 0 Å². The molecule has 0 saturated heterocycles. The van der Waals surface area contributed by atoms with Crippen molar-refractivity contribution in [2.45, 2.75) is 46.2 Å². The molecule has 0 aliphatic carbocycles. The van der Waals surface area contributed by atoms with E-state index >= 15 is 0 Å². The maximum absolute atomic E-state index is 12.0. The second-order valence-electron chi connectivity index (χ2n) is 3.53. The molecule has 16 heavy (non-hydrogen) atoms. The molecule has 0 aliphatic heterocycles. The van der Waals surface area contributed by atoms with E-state index < -0.39 is 12.6 Å². The van der Waals surface area contributed by atoms with Gasteiger partial charge in [0.05, 0.1) is 6.42 Å². The number of halogens is 3. The fourth-order valence-corrected chi connectivity index (χ4v) is 1.09. The third-order valence-electron chi connectivity index (χ3n) is 1.90. The monoisotopic (exact) mass is 233 g/mol. The Hall–Kier alpha value is -1.06. The molecule has 0 atom stereocenters. The Balaban J connectivity index is 0.00000106. The first kappa shape index (κ1) is 14.9. The van der Waals surface area contributed by atoms with Gasteiger partial charge in [-0.05, 0) is 17.5 Å². The third kappa shape index (κ3) is 5.73. The van der Waals surface area contributed by atoms with Gasteiger partial charge in [-0.1, -0.05) is 33.8 Å². The van der Waals surface area contributed by atoms with Crippen molar-refractivity contribution in [3.8, 4) is 0 Å². The van der Waals surface area contributed by atoms with E-state index in [1.54, 1.807) is 6.07 Å². The quantitative estimate of drug-likeness (QED) is 0.740. The van der Waals surface area contributed by atoms with Gasteiger partial charge in [0.2, 0.25) is 0 Å². The first-order valence-electron chi connectivity index (χ1n) is 5.40. The van der Waals surface area contributed by atoms with Crippen LogP contribution in [0.2, 0.25) is 0 Å². The van der Waals surface area contributed by atoms with Crippen LogP contribution in [-0.2, 0) is 6.42 Å². The summed E-state index contributed by atoms with van der Waals surface area (Å²) in [7, 11) is 0. The third-order valence-corrected chi connectivity index (χ3v) is 1.90. The molecule has 0 fully saturated rings. The van der Waals surface area contributed by atoms with Crippen LogP contribution in [0, 0.1) is 0 Å². The highest BCUT2D eigenvalue weighted by molar-refractivity contribution is 5.17. The van der Waals surface area contributed by atoms with Gasteiger partial charge in [-0.2, -0.15) is 13.2 Å². The van der Waals surface area contributed by atoms with Crippen LogP contribution in [-0.4, -0.2) is 11.2 Å². The molecule has 92 valence electrons. The van der Waals surface area contributed by atoms with Crippen molar-refractivity contribution in [1.29, 1.82) is 0 Å². The Kier molecular flexibility index (Phi) is 6.08. The number of rotatable bonds is 2. The molecule has 4 heteroatoms. The van der Waals surface area contributed by atoms with Gasteiger partial charge in [-0.3, -0.25) is 4.98 Å². The molecule has 0 amide bonds. The van der Waals surface area contributed by atoms with Crippen molar-refractivity contribution in [1.82, 2.24) is 4.98 Å². The zero-order valence-electron chi connectivity index (χ0n) is 10.1. The highest BCUT2D eigenvalue weighted by atomic mass is 19.4. The van der Waals surface area contributed by atoms with Crippen molar-refractivity contribution in [3.05, 3.63) is 29.6 Å². The van der Waals surface area contributed by atoms with E-state index in [-0.39, 0.29) is 5.69 Å². The fourth-order valence-electron chi connectivity index (χ4n) is 1.09. The van der Waals surface area contributed by atoms with Gasteiger partial charge in [0.15, 0.2) is 0 Å². The zero-order valence-corrected chi connectivity index (χ0v) is 10.1. The lowest BCUT2D eigenvalue weighted by atomic mass is 10.1. The van der Waals surface area contributed by atoms with Crippen molar-refractivity contribution in [2.24, 2.45) is 0 Å². The van der Waals surface area contributed by atoms with Gasteiger partial charge < -0.3 is 0 Å². The van der Waals surface area contributed by atoms with Crippen LogP contribution in [0.5, 0.6) is 0 Å². The summed E-state index contributed by atoms with van der Waals surface area (Å²) < 4.78 is 35.9. The molecule has 0 N–H and O–H groups in total. The maximum atomic E-state index is 12.0. The molecule has 0 aromatic carbocycles. The Labute approximate surface area is 94.7 Å². The Bertz CT molecular complexity index is 288. The maximum Gasteiger partial charge on any atom is 0.394 e. The lowest BCUT2D eigenvalue weighted by molar-refractivity contribution is -0.127. The van der Waals surface area contributed by atoms with E-state index in [1.165, 1.54) is 12.3 Å². The Morgan fingerprint density at radius 1 is 1.19 bits per heavy atom. The van der Waals surface area contributed by atoms with Crippen molar-refractivity contribution in [3.63, 3.8) is 0 Å². The van der Waals surface area contributed by atoms with Crippen LogP contribution in [0.3, 0.4) is 0 Å². The largest absolute Gasteiger partial charge is 0.394 e. The smallest absolute Gasteiger partial charge is 0.261 e. The highest BCUT2D eigenvalue weighted by Crippen LogP contribution is 2.21. The minimum atomic E-state index is -4.17. The summed E-state index contributed by atoms with van der Waals surface area (Å²) in [6, 6.07) is 3.13. The van der Waals surface area contributed by atoms with E-state index in [1.807, 2.05) is 27.7 Å². The molecule has 0 bridgehead atoms. The summed E-state index contributed by atoms with van der Waals surface area (Å²) in [4.78, 5) is 3.77. The summed E-state index contributed by atoms with van der Waals surface area (Å²) in [6.07, 6.45) is -3.62. The highest BCUT2D eigenvalue weighted by Gasteiger charge is 2.28. The van der Waals surface area contributed by atoms with Crippen LogP contribution >= 0.6 is 0 Å². The molecular weight excluding hydrogens is 215 g/mol. The Morgan fingerprint density at radius 2 is 1.75 bits per heavy atom. The molecular formula is C12H18F3N. The van der Waals surface area contributed by atoms with Gasteiger partial charge in [0, 0.05) is 11.9 Å². The van der Waals surface area contributed by atoms with Crippen molar-refractivity contribution in [2.75, 3.05) is 0 Å². The molecule has 0 spiro atoms. The van der Waals surface area contributed by atoms with Gasteiger partial charge in [-0.25, -0.2) is 0 Å². The number of alkyl halides is 3. The number of nitrogens with zero attached hydrogens (tertiary/aromatic N) is 1. The molecule has 1 aromatic rings. The van der Waals surface area contributed by atoms with E-state index in [9.17, 15) is 13.2 Å². The topological polar surface area (TPSA) is 12.9 Å². The van der Waals surface area contributed by atoms with Gasteiger partial charge in [-0.15, -0.1) is 0 Å². The summed E-state index contributed by atoms with van der Waals surface area (Å²) >= 11 is 0. The van der Waals surface area contributed by atoms with E-state index in [0.717, 1.165) is 5.56 Å². The molecule has 0 unspecified atom stereocenters. The predicted octanol–water partition coefficient (Wildman–Crippen LogP) is 4.34. The standard InChI is InChI=1S/C10H12F3N.C2H6/c1-7(2)8-3-4-9(14-6-8)5-10(11,12)13;1-2/h3-4,6-7H,5H2,1-2H3;1-2H3. The van der Waals surface area contributed by atoms with Crippen LogP contribution in [0.25, 0.3) is 0 Å². The number of hydrogen-bond acceptors (Lipinski definition) is 1. The predicted molar refractivity (Wildman–Crippen MR) is 59.4 cm³/mol. The SMILES string of the molecule is CC.CC(C)c1ccc(CC(F)(F)F)nc1. The summed E-state index contributed by atoms with van der Waals surface area (Å²) in [5, 5.41) is 0. The molecule has 0 radical (unpaired) electrons.